The summed E-state index contributed by atoms with van der Waals surface area (Å²) in [6.45, 7) is 0.788. The maximum absolute atomic E-state index is 10.4. The Labute approximate surface area is 206 Å². The van der Waals surface area contributed by atoms with Crippen LogP contribution in [0.1, 0.15) is 35.6 Å². The van der Waals surface area contributed by atoms with E-state index in [4.69, 9.17) is 25.8 Å². The molecule has 1 saturated carbocycles. The van der Waals surface area contributed by atoms with Crippen LogP contribution in [-0.4, -0.2) is 63.5 Å². The minimum absolute atomic E-state index is 0.361. The van der Waals surface area contributed by atoms with Crippen LogP contribution in [-0.2, 0) is 15.9 Å². The monoisotopic (exact) mass is 574 g/mol. The van der Waals surface area contributed by atoms with Gasteiger partial charge in [0, 0.05) is 5.02 Å². The van der Waals surface area contributed by atoms with Crippen molar-refractivity contribution in [3.8, 4) is 5.75 Å². The zero-order valence-electron chi connectivity index (χ0n) is 17.6. The topological polar surface area (TPSA) is 88.4 Å². The van der Waals surface area contributed by atoms with E-state index in [9.17, 15) is 15.3 Å². The molecule has 1 unspecified atom stereocenters. The minimum Gasteiger partial charge on any atom is -0.491 e. The molecule has 2 aromatic rings. The summed E-state index contributed by atoms with van der Waals surface area (Å²) in [5.74, 6) is 0.805. The van der Waals surface area contributed by atoms with Gasteiger partial charge in [0.1, 0.15) is 24.6 Å². The van der Waals surface area contributed by atoms with E-state index in [0.29, 0.717) is 30.8 Å². The first kappa shape index (κ1) is 24.2. The maximum atomic E-state index is 10.4. The van der Waals surface area contributed by atoms with Gasteiger partial charge in [-0.2, -0.15) is 0 Å². The fourth-order valence-corrected chi connectivity index (χ4v) is 4.98. The van der Waals surface area contributed by atoms with Crippen LogP contribution >= 0.6 is 34.2 Å². The highest BCUT2D eigenvalue weighted by atomic mass is 127. The first-order valence-electron chi connectivity index (χ1n) is 10.8. The van der Waals surface area contributed by atoms with Crippen molar-refractivity contribution in [3.05, 3.63) is 64.2 Å². The average molecular weight is 575 g/mol. The Morgan fingerprint density at radius 3 is 2.47 bits per heavy atom. The second-order valence-electron chi connectivity index (χ2n) is 8.29. The highest BCUT2D eigenvalue weighted by Gasteiger charge is 2.43. The first-order valence-corrected chi connectivity index (χ1v) is 12.5. The molecule has 0 aromatic heterocycles. The second kappa shape index (κ2) is 11.0. The van der Waals surface area contributed by atoms with Gasteiger partial charge in [0.05, 0.1) is 35.5 Å². The highest BCUT2D eigenvalue weighted by molar-refractivity contribution is 14.1. The normalized spacial score (nSPS) is 28.0. The number of alkyl halides is 1. The van der Waals surface area contributed by atoms with Gasteiger partial charge < -0.3 is 29.5 Å². The number of ether oxygens (including phenoxy) is 3. The Kier molecular flexibility index (Phi) is 8.31. The number of aliphatic hydroxyl groups excluding tert-OH is 3. The molecule has 174 valence electrons. The summed E-state index contributed by atoms with van der Waals surface area (Å²) in [7, 11) is 0. The third-order valence-electron chi connectivity index (χ3n) is 5.79. The van der Waals surface area contributed by atoms with Crippen LogP contribution in [0.15, 0.2) is 42.5 Å². The van der Waals surface area contributed by atoms with Gasteiger partial charge in [-0.25, -0.2) is 0 Å². The Hall–Kier alpha value is -0.940. The standard InChI is InChI=1S/C24H28ClIO6/c25-19-8-3-15(24-21(26)23(29)22(28)20(13-27)32-24)12-16(19)11-14-1-4-17(5-2-14)30-9-10-31-18-6-7-18/h1-5,8,12,18,20-24,27-29H,6-7,9-11,13H2/t20-,21?,22-,23-,24+/m1/s1. The number of hydrogen-bond acceptors (Lipinski definition) is 6. The van der Waals surface area contributed by atoms with E-state index in [0.717, 1.165) is 35.3 Å². The molecule has 1 aliphatic heterocycles. The van der Waals surface area contributed by atoms with Crippen molar-refractivity contribution in [1.82, 2.24) is 0 Å². The Balaban J connectivity index is 1.41. The Morgan fingerprint density at radius 1 is 1.03 bits per heavy atom. The van der Waals surface area contributed by atoms with Crippen molar-refractivity contribution in [1.29, 1.82) is 0 Å². The summed E-state index contributed by atoms with van der Waals surface area (Å²) in [4.78, 5) is 0. The van der Waals surface area contributed by atoms with Crippen molar-refractivity contribution in [2.24, 2.45) is 0 Å². The number of aliphatic hydroxyl groups is 3. The van der Waals surface area contributed by atoms with Gasteiger partial charge in [-0.15, -0.1) is 0 Å². The number of hydrogen-bond donors (Lipinski definition) is 3. The van der Waals surface area contributed by atoms with Crippen molar-refractivity contribution in [3.63, 3.8) is 0 Å². The molecule has 0 amide bonds. The van der Waals surface area contributed by atoms with E-state index in [1.54, 1.807) is 0 Å². The molecule has 1 heterocycles. The smallest absolute Gasteiger partial charge is 0.119 e. The molecule has 5 atom stereocenters. The second-order valence-corrected chi connectivity index (χ2v) is 10.1. The van der Waals surface area contributed by atoms with Gasteiger partial charge >= 0.3 is 0 Å². The van der Waals surface area contributed by atoms with Gasteiger partial charge in [0.2, 0.25) is 0 Å². The van der Waals surface area contributed by atoms with Gasteiger partial charge in [-0.05, 0) is 54.2 Å². The van der Waals surface area contributed by atoms with E-state index in [-0.39, 0.29) is 10.5 Å². The SMILES string of the molecule is OC[C@H]1O[C@@H](c2ccc(Cl)c(Cc3ccc(OCCOC4CC4)cc3)c2)C(I)[C@@H](O)[C@@H]1O. The predicted octanol–water partition coefficient (Wildman–Crippen LogP) is 3.45. The third-order valence-corrected chi connectivity index (χ3v) is 7.55. The molecule has 32 heavy (non-hydrogen) atoms. The summed E-state index contributed by atoms with van der Waals surface area (Å²) < 4.78 is 16.9. The van der Waals surface area contributed by atoms with Crippen LogP contribution in [0.5, 0.6) is 5.75 Å². The van der Waals surface area contributed by atoms with Gasteiger partial charge in [-0.3, -0.25) is 0 Å². The van der Waals surface area contributed by atoms with Crippen LogP contribution in [0.25, 0.3) is 0 Å². The highest BCUT2D eigenvalue weighted by Crippen LogP contribution is 2.38. The van der Waals surface area contributed by atoms with Crippen molar-refractivity contribution in [2.45, 2.75) is 53.7 Å². The lowest BCUT2D eigenvalue weighted by atomic mass is 9.92. The molecule has 4 rings (SSSR count). The summed E-state index contributed by atoms with van der Waals surface area (Å²) >= 11 is 8.55. The summed E-state index contributed by atoms with van der Waals surface area (Å²) in [6, 6.07) is 13.6. The molecule has 0 spiro atoms. The fourth-order valence-electron chi connectivity index (χ4n) is 3.78. The van der Waals surface area contributed by atoms with E-state index < -0.39 is 24.4 Å². The van der Waals surface area contributed by atoms with Crippen molar-refractivity contribution in [2.75, 3.05) is 19.8 Å². The molecular weight excluding hydrogens is 547 g/mol. The zero-order valence-corrected chi connectivity index (χ0v) is 20.5. The summed E-state index contributed by atoms with van der Waals surface area (Å²) in [5.41, 5.74) is 2.87. The average Bonchev–Trinajstić information content (AvgIpc) is 3.63. The van der Waals surface area contributed by atoms with Gasteiger partial charge in [-0.1, -0.05) is 58.5 Å². The number of halogens is 2. The first-order chi connectivity index (χ1) is 15.5. The molecule has 8 heteroatoms. The lowest BCUT2D eigenvalue weighted by Crippen LogP contribution is -2.53. The van der Waals surface area contributed by atoms with Crippen LogP contribution in [0.3, 0.4) is 0 Å². The summed E-state index contributed by atoms with van der Waals surface area (Å²) in [6.07, 6.45) is -0.0175. The summed E-state index contributed by atoms with van der Waals surface area (Å²) in [5, 5.41) is 30.6. The molecular formula is C24H28ClIO6. The van der Waals surface area contributed by atoms with Crippen molar-refractivity contribution < 1.29 is 29.5 Å². The molecule has 3 N–H and O–H groups in total. The molecule has 1 aliphatic carbocycles. The van der Waals surface area contributed by atoms with Crippen LogP contribution in [0.4, 0.5) is 0 Å². The molecule has 0 bridgehead atoms. The van der Waals surface area contributed by atoms with E-state index in [2.05, 4.69) is 22.6 Å². The largest absolute Gasteiger partial charge is 0.491 e. The quantitative estimate of drug-likeness (QED) is 0.242. The Morgan fingerprint density at radius 2 is 1.78 bits per heavy atom. The van der Waals surface area contributed by atoms with Crippen LogP contribution in [0, 0.1) is 0 Å². The van der Waals surface area contributed by atoms with E-state index >= 15 is 0 Å². The van der Waals surface area contributed by atoms with E-state index in [1.165, 1.54) is 0 Å². The van der Waals surface area contributed by atoms with Crippen molar-refractivity contribution >= 4 is 34.2 Å². The van der Waals surface area contributed by atoms with Crippen LogP contribution < -0.4 is 4.74 Å². The molecule has 6 nitrogen and oxygen atoms in total. The van der Waals surface area contributed by atoms with Gasteiger partial charge in [0.25, 0.3) is 0 Å². The van der Waals surface area contributed by atoms with Gasteiger partial charge in [0.15, 0.2) is 0 Å². The lowest BCUT2D eigenvalue weighted by Gasteiger charge is -2.40. The molecule has 2 fully saturated rings. The fraction of sp³-hybridized carbons (Fsp3) is 0.500. The third kappa shape index (κ3) is 5.94. The lowest BCUT2D eigenvalue weighted by molar-refractivity contribution is -0.174. The minimum atomic E-state index is -1.12. The maximum Gasteiger partial charge on any atom is 0.119 e. The van der Waals surface area contributed by atoms with Crippen LogP contribution in [0.2, 0.25) is 5.02 Å². The predicted molar refractivity (Wildman–Crippen MR) is 130 cm³/mol. The molecule has 0 radical (unpaired) electrons. The Bertz CT molecular complexity index is 889. The molecule has 1 saturated heterocycles. The number of benzene rings is 2. The molecule has 2 aliphatic rings. The zero-order chi connectivity index (χ0) is 22.7. The molecule has 2 aromatic carbocycles. The van der Waals surface area contributed by atoms with E-state index in [1.807, 2.05) is 42.5 Å². The number of rotatable bonds is 9.